The van der Waals surface area contributed by atoms with Gasteiger partial charge in [0.2, 0.25) is 11.8 Å². The van der Waals surface area contributed by atoms with Gasteiger partial charge in [-0.25, -0.2) is 14.6 Å². The second-order valence-corrected chi connectivity index (χ2v) is 6.87. The third kappa shape index (κ3) is 3.09. The summed E-state index contributed by atoms with van der Waals surface area (Å²) in [5, 5.41) is 16.1. The van der Waals surface area contributed by atoms with Crippen molar-refractivity contribution in [1.29, 1.82) is 0 Å². The lowest BCUT2D eigenvalue weighted by atomic mass is 9.94. The minimum absolute atomic E-state index is 0.0783. The Morgan fingerprint density at radius 2 is 2.03 bits per heavy atom. The smallest absolute Gasteiger partial charge is 0.274 e. The van der Waals surface area contributed by atoms with E-state index in [9.17, 15) is 9.90 Å². The number of nitrogen functional groups attached to an aromatic ring is 1. The van der Waals surface area contributed by atoms with E-state index >= 15 is 0 Å². The average Bonchev–Trinajstić information content (AvgIpc) is 3.35. The van der Waals surface area contributed by atoms with Crippen LogP contribution in [0.2, 0.25) is 0 Å². The van der Waals surface area contributed by atoms with Crippen LogP contribution < -0.4 is 5.73 Å². The molecule has 1 atom stereocenters. The van der Waals surface area contributed by atoms with E-state index in [0.29, 0.717) is 22.3 Å². The normalized spacial score (nSPS) is 13.4. The molecule has 0 spiro atoms. The Labute approximate surface area is 165 Å². The lowest BCUT2D eigenvalue weighted by Gasteiger charge is -2.20. The zero-order valence-electron chi connectivity index (χ0n) is 16.1. The van der Waals surface area contributed by atoms with Crippen LogP contribution in [0.15, 0.2) is 47.3 Å². The van der Waals surface area contributed by atoms with Gasteiger partial charge in [0.05, 0.1) is 11.7 Å². The molecule has 3 heterocycles. The first-order valence-corrected chi connectivity index (χ1v) is 8.75. The number of fused-ring (bicyclic) bond motifs is 1. The van der Waals surface area contributed by atoms with Gasteiger partial charge < -0.3 is 20.2 Å². The van der Waals surface area contributed by atoms with Crippen LogP contribution in [0.3, 0.4) is 0 Å². The molecule has 3 N–H and O–H groups in total. The van der Waals surface area contributed by atoms with Crippen LogP contribution in [-0.4, -0.2) is 54.7 Å². The predicted molar refractivity (Wildman–Crippen MR) is 104 cm³/mol. The zero-order valence-corrected chi connectivity index (χ0v) is 16.1. The third-order valence-corrected chi connectivity index (χ3v) is 4.58. The summed E-state index contributed by atoms with van der Waals surface area (Å²) >= 11 is 0. The van der Waals surface area contributed by atoms with Crippen LogP contribution in [0, 0.1) is 0 Å². The van der Waals surface area contributed by atoms with E-state index in [4.69, 9.17) is 10.2 Å². The number of nitrogens with zero attached hydrogens (tertiary/aromatic N) is 6. The topological polar surface area (TPSA) is 136 Å². The Morgan fingerprint density at radius 3 is 2.69 bits per heavy atom. The molecular weight excluding hydrogens is 374 g/mol. The summed E-state index contributed by atoms with van der Waals surface area (Å²) in [6.45, 7) is 1.58. The molecule has 3 aromatic heterocycles. The summed E-state index contributed by atoms with van der Waals surface area (Å²) in [6, 6.07) is 6.79. The molecule has 148 valence electrons. The van der Waals surface area contributed by atoms with E-state index in [1.54, 1.807) is 45.3 Å². The molecule has 0 saturated carbocycles. The highest BCUT2D eigenvalue weighted by atomic mass is 16.4. The van der Waals surface area contributed by atoms with Crippen LogP contribution in [0.4, 0.5) is 5.95 Å². The molecule has 1 aromatic carbocycles. The first-order chi connectivity index (χ1) is 13.8. The van der Waals surface area contributed by atoms with Gasteiger partial charge in [-0.15, -0.1) is 0 Å². The molecule has 10 nitrogen and oxygen atoms in total. The summed E-state index contributed by atoms with van der Waals surface area (Å²) in [6.07, 6.45) is 4.36. The fourth-order valence-corrected chi connectivity index (χ4v) is 3.03. The Balaban J connectivity index is 1.97. The Kier molecular flexibility index (Phi) is 4.27. The van der Waals surface area contributed by atoms with E-state index in [-0.39, 0.29) is 23.4 Å². The molecule has 0 saturated heterocycles. The standard InChI is InChI=1S/C19H19N7O3/c1-19(28,17-21-8-9-29-17)11-4-5-12-13(10-11)26(14-6-7-22-18(20)23-14)24-15(12)16(27)25(2)3/h4-10,28H,1-3H3,(H2,20,22,23). The second kappa shape index (κ2) is 6.67. The van der Waals surface area contributed by atoms with E-state index in [2.05, 4.69) is 20.1 Å². The van der Waals surface area contributed by atoms with E-state index in [1.807, 2.05) is 0 Å². The Hall–Kier alpha value is -3.79. The molecule has 0 aliphatic heterocycles. The number of nitrogens with two attached hydrogens (primary N) is 1. The van der Waals surface area contributed by atoms with Gasteiger partial charge in [0.1, 0.15) is 6.26 Å². The highest BCUT2D eigenvalue weighted by Crippen LogP contribution is 2.32. The number of hydrogen-bond donors (Lipinski definition) is 2. The van der Waals surface area contributed by atoms with Crippen molar-refractivity contribution in [1.82, 2.24) is 29.6 Å². The van der Waals surface area contributed by atoms with Crippen molar-refractivity contribution >= 4 is 22.8 Å². The number of benzene rings is 1. The Bertz CT molecular complexity index is 1200. The molecule has 29 heavy (non-hydrogen) atoms. The quantitative estimate of drug-likeness (QED) is 0.530. The van der Waals surface area contributed by atoms with Gasteiger partial charge in [-0.05, 0) is 24.6 Å². The lowest BCUT2D eigenvalue weighted by Crippen LogP contribution is -2.23. The van der Waals surface area contributed by atoms with Crippen LogP contribution in [0.25, 0.3) is 16.7 Å². The Morgan fingerprint density at radius 1 is 1.24 bits per heavy atom. The highest BCUT2D eigenvalue weighted by molar-refractivity contribution is 6.05. The molecule has 4 aromatic rings. The van der Waals surface area contributed by atoms with Gasteiger partial charge in [0.15, 0.2) is 17.1 Å². The largest absolute Gasteiger partial charge is 0.446 e. The third-order valence-electron chi connectivity index (χ3n) is 4.58. The first-order valence-electron chi connectivity index (χ1n) is 8.75. The number of amides is 1. The summed E-state index contributed by atoms with van der Waals surface area (Å²) in [5.74, 6) is 0.365. The molecule has 1 amide bonds. The van der Waals surface area contributed by atoms with Crippen LogP contribution in [0.5, 0.6) is 0 Å². The molecule has 4 rings (SSSR count). The number of rotatable bonds is 4. The molecule has 0 fully saturated rings. The molecular formula is C19H19N7O3. The fourth-order valence-electron chi connectivity index (χ4n) is 3.03. The van der Waals surface area contributed by atoms with Gasteiger partial charge in [0, 0.05) is 31.7 Å². The number of carbonyl (C=O) groups is 1. The molecule has 1 unspecified atom stereocenters. The van der Waals surface area contributed by atoms with Gasteiger partial charge in [-0.3, -0.25) is 4.79 Å². The highest BCUT2D eigenvalue weighted by Gasteiger charge is 2.32. The van der Waals surface area contributed by atoms with Crippen molar-refractivity contribution in [2.45, 2.75) is 12.5 Å². The maximum Gasteiger partial charge on any atom is 0.274 e. The number of aliphatic hydroxyl groups is 1. The lowest BCUT2D eigenvalue weighted by molar-refractivity contribution is 0.0709. The van der Waals surface area contributed by atoms with Gasteiger partial charge in [-0.1, -0.05) is 6.07 Å². The zero-order chi connectivity index (χ0) is 20.8. The van der Waals surface area contributed by atoms with Gasteiger partial charge in [-0.2, -0.15) is 10.1 Å². The van der Waals surface area contributed by atoms with Crippen LogP contribution in [-0.2, 0) is 5.60 Å². The number of anilines is 1. The van der Waals surface area contributed by atoms with Crippen molar-refractivity contribution in [3.8, 4) is 5.82 Å². The summed E-state index contributed by atoms with van der Waals surface area (Å²) in [7, 11) is 3.30. The molecule has 10 heteroatoms. The summed E-state index contributed by atoms with van der Waals surface area (Å²) in [5.41, 5.74) is 5.57. The summed E-state index contributed by atoms with van der Waals surface area (Å²) < 4.78 is 6.79. The summed E-state index contributed by atoms with van der Waals surface area (Å²) in [4.78, 5) is 26.3. The second-order valence-electron chi connectivity index (χ2n) is 6.87. The van der Waals surface area contributed by atoms with Crippen molar-refractivity contribution in [2.24, 2.45) is 0 Å². The minimum atomic E-state index is -1.48. The van der Waals surface area contributed by atoms with Crippen LogP contribution >= 0.6 is 0 Å². The van der Waals surface area contributed by atoms with Gasteiger partial charge in [0.25, 0.3) is 5.91 Å². The molecule has 0 radical (unpaired) electrons. The van der Waals surface area contributed by atoms with Crippen molar-refractivity contribution in [2.75, 3.05) is 19.8 Å². The van der Waals surface area contributed by atoms with Crippen molar-refractivity contribution < 1.29 is 14.3 Å². The van der Waals surface area contributed by atoms with E-state index < -0.39 is 5.60 Å². The number of hydrogen-bond acceptors (Lipinski definition) is 8. The maximum atomic E-state index is 12.7. The van der Waals surface area contributed by atoms with E-state index in [0.717, 1.165) is 0 Å². The maximum absolute atomic E-state index is 12.7. The number of aromatic nitrogens is 5. The average molecular weight is 393 g/mol. The number of carbonyl (C=O) groups excluding carboxylic acids is 1. The van der Waals surface area contributed by atoms with Crippen molar-refractivity contribution in [3.63, 3.8) is 0 Å². The van der Waals surface area contributed by atoms with E-state index in [1.165, 1.54) is 28.2 Å². The molecule has 0 aliphatic rings. The molecule has 0 bridgehead atoms. The fraction of sp³-hybridized carbons (Fsp3) is 0.211. The predicted octanol–water partition coefficient (Wildman–Crippen LogP) is 1.34. The van der Waals surface area contributed by atoms with Gasteiger partial charge >= 0.3 is 0 Å². The first kappa shape index (κ1) is 18.6. The molecule has 0 aliphatic carbocycles. The van der Waals surface area contributed by atoms with Crippen molar-refractivity contribution in [3.05, 3.63) is 60.1 Å². The number of oxazole rings is 1. The monoisotopic (exact) mass is 393 g/mol. The van der Waals surface area contributed by atoms with Crippen LogP contribution in [0.1, 0.15) is 28.9 Å². The SMILES string of the molecule is CN(C)C(=O)c1nn(-c2ccnc(N)n2)c2cc(C(C)(O)c3ncco3)ccc12. The minimum Gasteiger partial charge on any atom is -0.446 e.